The SMILES string of the molecule is CC(C)Nc1ccc(NC(=O)Cc2cccs2)cc1. The smallest absolute Gasteiger partial charge is 0.229 e. The number of hydrogen-bond acceptors (Lipinski definition) is 3. The molecule has 100 valence electrons. The van der Waals surface area contributed by atoms with Gasteiger partial charge in [-0.25, -0.2) is 0 Å². The lowest BCUT2D eigenvalue weighted by molar-refractivity contribution is -0.115. The van der Waals surface area contributed by atoms with Gasteiger partial charge < -0.3 is 10.6 Å². The highest BCUT2D eigenvalue weighted by Gasteiger charge is 2.05. The zero-order valence-electron chi connectivity index (χ0n) is 11.1. The molecule has 0 bridgehead atoms. The lowest BCUT2D eigenvalue weighted by Gasteiger charge is -2.10. The van der Waals surface area contributed by atoms with Gasteiger partial charge in [0.2, 0.25) is 5.91 Å². The van der Waals surface area contributed by atoms with Crippen LogP contribution in [0.5, 0.6) is 0 Å². The Balaban J connectivity index is 1.90. The Kier molecular flexibility index (Phi) is 4.58. The molecule has 2 rings (SSSR count). The maximum atomic E-state index is 11.8. The van der Waals surface area contributed by atoms with Gasteiger partial charge in [-0.3, -0.25) is 4.79 Å². The Bertz CT molecular complexity index is 518. The lowest BCUT2D eigenvalue weighted by Crippen LogP contribution is -2.14. The number of carbonyl (C=O) groups is 1. The number of rotatable bonds is 5. The van der Waals surface area contributed by atoms with Crippen molar-refractivity contribution >= 4 is 28.6 Å². The largest absolute Gasteiger partial charge is 0.383 e. The van der Waals surface area contributed by atoms with Crippen LogP contribution in [0.3, 0.4) is 0 Å². The van der Waals surface area contributed by atoms with E-state index in [2.05, 4.69) is 24.5 Å². The van der Waals surface area contributed by atoms with Gasteiger partial charge in [0.25, 0.3) is 0 Å². The molecule has 0 aliphatic heterocycles. The normalized spacial score (nSPS) is 10.5. The van der Waals surface area contributed by atoms with E-state index in [1.54, 1.807) is 11.3 Å². The molecule has 4 heteroatoms. The molecule has 0 fully saturated rings. The van der Waals surface area contributed by atoms with Crippen molar-refractivity contribution in [2.75, 3.05) is 10.6 Å². The molecule has 1 heterocycles. The Morgan fingerprint density at radius 1 is 1.16 bits per heavy atom. The van der Waals surface area contributed by atoms with Gasteiger partial charge in [-0.05, 0) is 49.6 Å². The third-order valence-electron chi connectivity index (χ3n) is 2.54. The number of thiophene rings is 1. The van der Waals surface area contributed by atoms with E-state index in [4.69, 9.17) is 0 Å². The molecule has 1 aromatic carbocycles. The zero-order chi connectivity index (χ0) is 13.7. The number of nitrogens with one attached hydrogen (secondary N) is 2. The van der Waals surface area contributed by atoms with Gasteiger partial charge in [-0.15, -0.1) is 11.3 Å². The van der Waals surface area contributed by atoms with Crippen molar-refractivity contribution in [3.8, 4) is 0 Å². The third kappa shape index (κ3) is 4.41. The minimum Gasteiger partial charge on any atom is -0.383 e. The first kappa shape index (κ1) is 13.6. The summed E-state index contributed by atoms with van der Waals surface area (Å²) in [5.74, 6) is 0.0204. The van der Waals surface area contributed by atoms with Gasteiger partial charge in [0.05, 0.1) is 6.42 Å². The molecule has 0 aliphatic carbocycles. The molecule has 0 atom stereocenters. The monoisotopic (exact) mass is 274 g/mol. The van der Waals surface area contributed by atoms with E-state index in [0.29, 0.717) is 12.5 Å². The van der Waals surface area contributed by atoms with E-state index in [1.807, 2.05) is 41.8 Å². The molecule has 2 aromatic rings. The van der Waals surface area contributed by atoms with Crippen LogP contribution in [-0.4, -0.2) is 11.9 Å². The van der Waals surface area contributed by atoms with E-state index in [-0.39, 0.29) is 5.91 Å². The highest BCUT2D eigenvalue weighted by molar-refractivity contribution is 7.10. The van der Waals surface area contributed by atoms with E-state index < -0.39 is 0 Å². The van der Waals surface area contributed by atoms with Gasteiger partial charge in [0.1, 0.15) is 0 Å². The second-order valence-corrected chi connectivity index (χ2v) is 5.71. The van der Waals surface area contributed by atoms with Gasteiger partial charge in [0.15, 0.2) is 0 Å². The number of amides is 1. The van der Waals surface area contributed by atoms with Crippen LogP contribution in [0, 0.1) is 0 Å². The molecule has 0 radical (unpaired) electrons. The van der Waals surface area contributed by atoms with E-state index in [1.165, 1.54) is 0 Å². The van der Waals surface area contributed by atoms with Crippen molar-refractivity contribution in [3.63, 3.8) is 0 Å². The molecular formula is C15H18N2OS. The predicted octanol–water partition coefficient (Wildman–Crippen LogP) is 3.75. The summed E-state index contributed by atoms with van der Waals surface area (Å²) >= 11 is 1.60. The fourth-order valence-corrected chi connectivity index (χ4v) is 2.46. The second kappa shape index (κ2) is 6.38. The van der Waals surface area contributed by atoms with Crippen LogP contribution < -0.4 is 10.6 Å². The summed E-state index contributed by atoms with van der Waals surface area (Å²) in [5.41, 5.74) is 1.89. The van der Waals surface area contributed by atoms with Crippen molar-refractivity contribution in [1.29, 1.82) is 0 Å². The summed E-state index contributed by atoms with van der Waals surface area (Å²) < 4.78 is 0. The highest BCUT2D eigenvalue weighted by Crippen LogP contribution is 2.15. The van der Waals surface area contributed by atoms with Crippen molar-refractivity contribution < 1.29 is 4.79 Å². The molecule has 3 nitrogen and oxygen atoms in total. The van der Waals surface area contributed by atoms with Crippen LogP contribution in [0.4, 0.5) is 11.4 Å². The van der Waals surface area contributed by atoms with E-state index in [9.17, 15) is 4.79 Å². The Morgan fingerprint density at radius 2 is 1.84 bits per heavy atom. The zero-order valence-corrected chi connectivity index (χ0v) is 12.0. The first-order chi connectivity index (χ1) is 9.13. The summed E-state index contributed by atoms with van der Waals surface area (Å²) in [7, 11) is 0. The highest BCUT2D eigenvalue weighted by atomic mass is 32.1. The van der Waals surface area contributed by atoms with Crippen LogP contribution in [-0.2, 0) is 11.2 Å². The van der Waals surface area contributed by atoms with Crippen molar-refractivity contribution in [3.05, 3.63) is 46.7 Å². The molecule has 0 unspecified atom stereocenters. The van der Waals surface area contributed by atoms with Gasteiger partial charge in [0, 0.05) is 22.3 Å². The summed E-state index contributed by atoms with van der Waals surface area (Å²) in [6.45, 7) is 4.19. The molecule has 0 aliphatic rings. The average Bonchev–Trinajstić information content (AvgIpc) is 2.83. The second-order valence-electron chi connectivity index (χ2n) is 4.68. The lowest BCUT2D eigenvalue weighted by atomic mass is 10.2. The Morgan fingerprint density at radius 3 is 2.42 bits per heavy atom. The van der Waals surface area contributed by atoms with Crippen molar-refractivity contribution in [1.82, 2.24) is 0 Å². The average molecular weight is 274 g/mol. The third-order valence-corrected chi connectivity index (χ3v) is 3.42. The fourth-order valence-electron chi connectivity index (χ4n) is 1.76. The summed E-state index contributed by atoms with van der Waals surface area (Å²) in [6, 6.07) is 12.1. The number of carbonyl (C=O) groups excluding carboxylic acids is 1. The van der Waals surface area contributed by atoms with Crippen LogP contribution in [0.25, 0.3) is 0 Å². The van der Waals surface area contributed by atoms with Crippen molar-refractivity contribution in [2.45, 2.75) is 26.3 Å². The number of hydrogen-bond donors (Lipinski definition) is 2. The maximum Gasteiger partial charge on any atom is 0.229 e. The Hall–Kier alpha value is -1.81. The van der Waals surface area contributed by atoms with E-state index >= 15 is 0 Å². The molecule has 0 spiro atoms. The minimum atomic E-state index is 0.0204. The molecule has 1 aromatic heterocycles. The van der Waals surface area contributed by atoms with Crippen molar-refractivity contribution in [2.24, 2.45) is 0 Å². The molecule has 0 saturated heterocycles. The minimum absolute atomic E-state index is 0.0204. The Labute approximate surface area is 117 Å². The summed E-state index contributed by atoms with van der Waals surface area (Å²) in [6.07, 6.45) is 0.434. The van der Waals surface area contributed by atoms with Crippen LogP contribution in [0.1, 0.15) is 18.7 Å². The first-order valence-electron chi connectivity index (χ1n) is 6.32. The maximum absolute atomic E-state index is 11.8. The van der Waals surface area contributed by atoms with E-state index in [0.717, 1.165) is 16.3 Å². The first-order valence-corrected chi connectivity index (χ1v) is 7.20. The summed E-state index contributed by atoms with van der Waals surface area (Å²) in [4.78, 5) is 12.9. The fraction of sp³-hybridized carbons (Fsp3) is 0.267. The predicted molar refractivity (Wildman–Crippen MR) is 81.9 cm³/mol. The quantitative estimate of drug-likeness (QED) is 0.872. The topological polar surface area (TPSA) is 41.1 Å². The number of anilines is 2. The van der Waals surface area contributed by atoms with Gasteiger partial charge in [-0.1, -0.05) is 6.07 Å². The molecular weight excluding hydrogens is 256 g/mol. The molecule has 2 N–H and O–H groups in total. The van der Waals surface area contributed by atoms with Gasteiger partial charge in [-0.2, -0.15) is 0 Å². The molecule has 1 amide bonds. The van der Waals surface area contributed by atoms with Crippen LogP contribution in [0.2, 0.25) is 0 Å². The van der Waals surface area contributed by atoms with Crippen LogP contribution >= 0.6 is 11.3 Å². The van der Waals surface area contributed by atoms with Crippen LogP contribution in [0.15, 0.2) is 41.8 Å². The standard InChI is InChI=1S/C15H18N2OS/c1-11(2)16-12-5-7-13(8-6-12)17-15(18)10-14-4-3-9-19-14/h3-9,11,16H,10H2,1-2H3,(H,17,18). The summed E-state index contributed by atoms with van der Waals surface area (Å²) in [5, 5.41) is 8.19. The molecule has 19 heavy (non-hydrogen) atoms. The number of benzene rings is 1. The van der Waals surface area contributed by atoms with Gasteiger partial charge >= 0.3 is 0 Å². The molecule has 0 saturated carbocycles.